The van der Waals surface area contributed by atoms with Crippen LogP contribution in [0.1, 0.15) is 23.2 Å². The van der Waals surface area contributed by atoms with Crippen LogP contribution in [0.4, 0.5) is 0 Å². The Labute approximate surface area is 126 Å². The molecule has 0 aliphatic heterocycles. The minimum absolute atomic E-state index is 0.567. The Morgan fingerprint density at radius 1 is 1.33 bits per heavy atom. The fraction of sp³-hybridized carbons (Fsp3) is 0.471. The second-order valence-corrected chi connectivity index (χ2v) is 5.72. The Hall–Kier alpha value is -1.81. The number of benzene rings is 1. The number of aryl methyl sites for hydroxylation is 2. The number of nitrogens with one attached hydrogen (secondary N) is 1. The van der Waals surface area contributed by atoms with E-state index < -0.39 is 0 Å². The lowest BCUT2D eigenvalue weighted by atomic mass is 9.88. The van der Waals surface area contributed by atoms with Gasteiger partial charge in [-0.05, 0) is 48.6 Å². The second kappa shape index (κ2) is 6.31. The molecule has 1 aliphatic carbocycles. The highest BCUT2D eigenvalue weighted by Gasteiger charge is 2.18. The summed E-state index contributed by atoms with van der Waals surface area (Å²) in [5.41, 5.74) is 4.18. The Balaban J connectivity index is 1.55. The summed E-state index contributed by atoms with van der Waals surface area (Å²) in [6, 6.07) is 9.11. The van der Waals surface area contributed by atoms with E-state index in [4.69, 9.17) is 4.74 Å². The molecule has 2 aromatic rings. The van der Waals surface area contributed by atoms with Crippen molar-refractivity contribution in [2.45, 2.75) is 31.7 Å². The first-order valence-corrected chi connectivity index (χ1v) is 7.62. The van der Waals surface area contributed by atoms with E-state index in [0.29, 0.717) is 6.04 Å². The highest BCUT2D eigenvalue weighted by atomic mass is 16.5. The average Bonchev–Trinajstić information content (AvgIpc) is 2.92. The van der Waals surface area contributed by atoms with E-state index >= 15 is 0 Å². The molecule has 1 aromatic carbocycles. The largest absolute Gasteiger partial charge is 0.497 e. The Morgan fingerprint density at radius 2 is 2.24 bits per heavy atom. The minimum Gasteiger partial charge on any atom is -0.497 e. The first-order valence-electron chi connectivity index (χ1n) is 7.62. The lowest BCUT2D eigenvalue weighted by molar-refractivity contribution is 0.411. The predicted molar refractivity (Wildman–Crippen MR) is 83.7 cm³/mol. The summed E-state index contributed by atoms with van der Waals surface area (Å²) in [5.74, 6) is 0.962. The predicted octanol–water partition coefficient (Wildman–Crippen LogP) is 2.12. The van der Waals surface area contributed by atoms with Gasteiger partial charge in [-0.3, -0.25) is 4.68 Å². The summed E-state index contributed by atoms with van der Waals surface area (Å²) in [4.78, 5) is 0. The first kappa shape index (κ1) is 14.1. The Bertz CT molecular complexity index is 606. The number of ether oxygens (including phenoxy) is 1. The Morgan fingerprint density at radius 3 is 3.00 bits per heavy atom. The van der Waals surface area contributed by atoms with Gasteiger partial charge in [0, 0.05) is 37.9 Å². The zero-order chi connectivity index (χ0) is 14.7. The maximum atomic E-state index is 5.33. The number of aromatic nitrogens is 2. The van der Waals surface area contributed by atoms with E-state index in [1.54, 1.807) is 7.11 Å². The zero-order valence-corrected chi connectivity index (χ0v) is 12.8. The molecule has 21 heavy (non-hydrogen) atoms. The molecule has 1 unspecified atom stereocenters. The molecule has 1 aromatic heterocycles. The van der Waals surface area contributed by atoms with Gasteiger partial charge in [0.1, 0.15) is 5.75 Å². The summed E-state index contributed by atoms with van der Waals surface area (Å²) < 4.78 is 7.28. The average molecular weight is 285 g/mol. The third-order valence-corrected chi connectivity index (χ3v) is 4.38. The van der Waals surface area contributed by atoms with Gasteiger partial charge in [-0.2, -0.15) is 5.10 Å². The van der Waals surface area contributed by atoms with Crippen molar-refractivity contribution in [2.75, 3.05) is 13.7 Å². The van der Waals surface area contributed by atoms with E-state index in [2.05, 4.69) is 34.7 Å². The second-order valence-electron chi connectivity index (χ2n) is 5.72. The van der Waals surface area contributed by atoms with Crippen molar-refractivity contribution in [3.63, 3.8) is 0 Å². The van der Waals surface area contributed by atoms with E-state index in [9.17, 15) is 0 Å². The number of hydrogen-bond acceptors (Lipinski definition) is 3. The molecule has 3 rings (SSSR count). The van der Waals surface area contributed by atoms with Crippen LogP contribution >= 0.6 is 0 Å². The van der Waals surface area contributed by atoms with Crippen LogP contribution in [-0.2, 0) is 26.3 Å². The lowest BCUT2D eigenvalue weighted by Crippen LogP contribution is -2.36. The molecule has 0 amide bonds. The maximum absolute atomic E-state index is 5.33. The fourth-order valence-electron chi connectivity index (χ4n) is 3.09. The van der Waals surface area contributed by atoms with Gasteiger partial charge in [-0.15, -0.1) is 0 Å². The van der Waals surface area contributed by atoms with Crippen LogP contribution in [0.2, 0.25) is 0 Å². The zero-order valence-electron chi connectivity index (χ0n) is 12.8. The van der Waals surface area contributed by atoms with Gasteiger partial charge in [-0.1, -0.05) is 6.07 Å². The van der Waals surface area contributed by atoms with Crippen molar-refractivity contribution >= 4 is 0 Å². The normalized spacial score (nSPS) is 17.5. The molecular formula is C17H23N3O. The summed E-state index contributed by atoms with van der Waals surface area (Å²) in [6.07, 6.45) is 6.35. The van der Waals surface area contributed by atoms with Crippen molar-refractivity contribution < 1.29 is 4.74 Å². The molecular weight excluding hydrogens is 262 g/mol. The molecule has 0 spiro atoms. The number of fused-ring (bicyclic) bond motifs is 1. The molecule has 1 atom stereocenters. The van der Waals surface area contributed by atoms with Crippen LogP contribution in [-0.4, -0.2) is 29.5 Å². The smallest absolute Gasteiger partial charge is 0.119 e. The van der Waals surface area contributed by atoms with Gasteiger partial charge < -0.3 is 10.1 Å². The number of hydrogen-bond donors (Lipinski definition) is 1. The molecule has 0 fully saturated rings. The molecule has 4 heteroatoms. The van der Waals surface area contributed by atoms with Crippen LogP contribution in [0.5, 0.6) is 5.75 Å². The topological polar surface area (TPSA) is 39.1 Å². The van der Waals surface area contributed by atoms with Gasteiger partial charge in [0.2, 0.25) is 0 Å². The number of nitrogens with zero attached hydrogens (tertiary/aromatic N) is 2. The van der Waals surface area contributed by atoms with E-state index in [-0.39, 0.29) is 0 Å². The SMILES string of the molecule is COc1ccc2c(c1)CC(NCCc1ccnn1C)CC2. The van der Waals surface area contributed by atoms with Gasteiger partial charge >= 0.3 is 0 Å². The van der Waals surface area contributed by atoms with Crippen LogP contribution < -0.4 is 10.1 Å². The fourth-order valence-corrected chi connectivity index (χ4v) is 3.09. The molecule has 0 radical (unpaired) electrons. The monoisotopic (exact) mass is 285 g/mol. The molecule has 112 valence electrons. The minimum atomic E-state index is 0.567. The van der Waals surface area contributed by atoms with Crippen LogP contribution in [0, 0.1) is 0 Å². The highest BCUT2D eigenvalue weighted by molar-refractivity contribution is 5.37. The van der Waals surface area contributed by atoms with Crippen LogP contribution in [0.25, 0.3) is 0 Å². The number of methoxy groups -OCH3 is 1. The third-order valence-electron chi connectivity index (χ3n) is 4.38. The van der Waals surface area contributed by atoms with Crippen molar-refractivity contribution in [1.82, 2.24) is 15.1 Å². The van der Waals surface area contributed by atoms with Crippen molar-refractivity contribution in [1.29, 1.82) is 0 Å². The van der Waals surface area contributed by atoms with E-state index in [1.807, 2.05) is 17.9 Å². The molecule has 0 bridgehead atoms. The maximum Gasteiger partial charge on any atom is 0.119 e. The van der Waals surface area contributed by atoms with Gasteiger partial charge in [0.15, 0.2) is 0 Å². The van der Waals surface area contributed by atoms with Crippen molar-refractivity contribution in [3.8, 4) is 5.75 Å². The summed E-state index contributed by atoms with van der Waals surface area (Å²) >= 11 is 0. The molecule has 1 N–H and O–H groups in total. The number of rotatable bonds is 5. The van der Waals surface area contributed by atoms with E-state index in [1.165, 1.54) is 23.2 Å². The summed E-state index contributed by atoms with van der Waals surface area (Å²) in [7, 11) is 3.73. The van der Waals surface area contributed by atoms with Gasteiger partial charge in [0.05, 0.1) is 7.11 Å². The summed E-state index contributed by atoms with van der Waals surface area (Å²) in [6.45, 7) is 1.00. The molecule has 4 nitrogen and oxygen atoms in total. The van der Waals surface area contributed by atoms with Crippen molar-refractivity contribution in [2.24, 2.45) is 7.05 Å². The molecule has 1 heterocycles. The van der Waals surface area contributed by atoms with Gasteiger partial charge in [0.25, 0.3) is 0 Å². The lowest BCUT2D eigenvalue weighted by Gasteiger charge is -2.26. The highest BCUT2D eigenvalue weighted by Crippen LogP contribution is 2.25. The van der Waals surface area contributed by atoms with Crippen LogP contribution in [0.15, 0.2) is 30.5 Å². The van der Waals surface area contributed by atoms with Gasteiger partial charge in [-0.25, -0.2) is 0 Å². The third kappa shape index (κ3) is 3.27. The molecule has 1 aliphatic rings. The molecule has 0 saturated heterocycles. The summed E-state index contributed by atoms with van der Waals surface area (Å²) in [5, 5.41) is 7.89. The van der Waals surface area contributed by atoms with E-state index in [0.717, 1.165) is 31.6 Å². The standard InChI is InChI=1S/C17H23N3O/c1-20-16(8-10-19-20)7-9-18-15-5-3-13-4-6-17(21-2)12-14(13)11-15/h4,6,8,10,12,15,18H,3,5,7,9,11H2,1-2H3. The molecule has 0 saturated carbocycles. The quantitative estimate of drug-likeness (QED) is 0.914. The first-order chi connectivity index (χ1) is 10.3. The van der Waals surface area contributed by atoms with Crippen molar-refractivity contribution in [3.05, 3.63) is 47.3 Å². The van der Waals surface area contributed by atoms with Crippen LogP contribution in [0.3, 0.4) is 0 Å². The Kier molecular flexibility index (Phi) is 4.25.